The molecule has 1 unspecified atom stereocenters. The quantitative estimate of drug-likeness (QED) is 0.670. The number of nitrogens with zero attached hydrogens (tertiary/aromatic N) is 1. The van der Waals surface area contributed by atoms with Crippen LogP contribution in [0.1, 0.15) is 13.3 Å². The van der Waals surface area contributed by atoms with E-state index in [-0.39, 0.29) is 19.7 Å². The first-order valence-corrected chi connectivity index (χ1v) is 5.81. The van der Waals surface area contributed by atoms with E-state index in [1.165, 1.54) is 14.2 Å². The number of amides is 1. The zero-order valence-corrected chi connectivity index (χ0v) is 11.4. The molecule has 0 fully saturated rings. The molecule has 0 aromatic rings. The number of carbonyl (C=O) groups excluding carboxylic acids is 1. The second-order valence-electron chi connectivity index (χ2n) is 4.33. The number of methoxy groups -OCH3 is 2. The highest BCUT2D eigenvalue weighted by Gasteiger charge is 2.55. The van der Waals surface area contributed by atoms with Crippen molar-refractivity contribution in [2.75, 3.05) is 40.5 Å². The molecule has 0 heterocycles. The van der Waals surface area contributed by atoms with E-state index in [9.17, 15) is 18.0 Å². The van der Waals surface area contributed by atoms with E-state index in [0.717, 1.165) is 4.90 Å². The summed E-state index contributed by atoms with van der Waals surface area (Å²) in [5.74, 6) is -1.16. The van der Waals surface area contributed by atoms with Crippen molar-refractivity contribution in [2.45, 2.75) is 25.1 Å². The summed E-state index contributed by atoms with van der Waals surface area (Å²) < 4.78 is 47.8. The minimum absolute atomic E-state index is 0.0575. The van der Waals surface area contributed by atoms with Crippen LogP contribution in [0.3, 0.4) is 0 Å². The fourth-order valence-electron chi connectivity index (χ4n) is 1.37. The van der Waals surface area contributed by atoms with E-state index >= 15 is 0 Å². The van der Waals surface area contributed by atoms with E-state index in [4.69, 9.17) is 15.2 Å². The third-order valence-electron chi connectivity index (χ3n) is 2.66. The van der Waals surface area contributed by atoms with Gasteiger partial charge in [0.05, 0.1) is 6.61 Å². The monoisotopic (exact) mass is 286 g/mol. The summed E-state index contributed by atoms with van der Waals surface area (Å²) >= 11 is 0. The molecule has 0 radical (unpaired) electrons. The number of carbonyl (C=O) groups is 1. The molecule has 0 aliphatic rings. The minimum Gasteiger partial charge on any atom is -0.385 e. The van der Waals surface area contributed by atoms with Crippen LogP contribution < -0.4 is 5.73 Å². The van der Waals surface area contributed by atoms with Gasteiger partial charge < -0.3 is 20.1 Å². The van der Waals surface area contributed by atoms with Crippen molar-refractivity contribution in [1.82, 2.24) is 4.90 Å². The number of nitrogens with two attached hydrogens (primary N) is 1. The van der Waals surface area contributed by atoms with Crippen molar-refractivity contribution in [2.24, 2.45) is 5.73 Å². The number of ether oxygens (including phenoxy) is 2. The molecule has 0 saturated carbocycles. The molecule has 1 amide bonds. The molecule has 0 rings (SSSR count). The zero-order chi connectivity index (χ0) is 15.1. The second kappa shape index (κ2) is 7.66. The van der Waals surface area contributed by atoms with Gasteiger partial charge in [-0.3, -0.25) is 4.79 Å². The molecule has 1 atom stereocenters. The van der Waals surface area contributed by atoms with Gasteiger partial charge in [-0.25, -0.2) is 0 Å². The first kappa shape index (κ1) is 18.1. The molecule has 0 aromatic heterocycles. The molecular weight excluding hydrogens is 265 g/mol. The Morgan fingerprint density at radius 1 is 1.16 bits per heavy atom. The number of alkyl halides is 3. The van der Waals surface area contributed by atoms with Gasteiger partial charge in [-0.15, -0.1) is 0 Å². The van der Waals surface area contributed by atoms with Crippen LogP contribution in [0, 0.1) is 0 Å². The van der Waals surface area contributed by atoms with Gasteiger partial charge in [0, 0.05) is 33.9 Å². The molecule has 114 valence electrons. The van der Waals surface area contributed by atoms with Crippen LogP contribution >= 0.6 is 0 Å². The molecular formula is C11H21F3N2O3. The Labute approximate surface area is 110 Å². The van der Waals surface area contributed by atoms with Gasteiger partial charge in [-0.1, -0.05) is 0 Å². The lowest BCUT2D eigenvalue weighted by Gasteiger charge is -2.33. The summed E-state index contributed by atoms with van der Waals surface area (Å²) in [6, 6.07) is 0. The summed E-state index contributed by atoms with van der Waals surface area (Å²) in [6.07, 6.45) is -4.36. The maximum atomic E-state index is 12.7. The molecule has 5 nitrogen and oxygen atoms in total. The van der Waals surface area contributed by atoms with Crippen LogP contribution in [0.2, 0.25) is 0 Å². The van der Waals surface area contributed by atoms with Gasteiger partial charge in [-0.05, 0) is 13.3 Å². The number of hydrogen-bond acceptors (Lipinski definition) is 4. The number of rotatable bonds is 8. The summed E-state index contributed by atoms with van der Waals surface area (Å²) in [6.45, 7) is 1.36. The third-order valence-corrected chi connectivity index (χ3v) is 2.66. The molecule has 0 saturated heterocycles. The van der Waals surface area contributed by atoms with Gasteiger partial charge in [0.15, 0.2) is 5.54 Å². The average molecular weight is 286 g/mol. The average Bonchev–Trinajstić information content (AvgIpc) is 2.31. The van der Waals surface area contributed by atoms with E-state index in [1.54, 1.807) is 0 Å². The second-order valence-corrected chi connectivity index (χ2v) is 4.33. The van der Waals surface area contributed by atoms with E-state index in [1.807, 2.05) is 0 Å². The topological polar surface area (TPSA) is 64.8 Å². The lowest BCUT2D eigenvalue weighted by molar-refractivity contribution is -0.194. The van der Waals surface area contributed by atoms with Crippen molar-refractivity contribution in [3.63, 3.8) is 0 Å². The largest absolute Gasteiger partial charge is 0.415 e. The van der Waals surface area contributed by atoms with E-state index in [2.05, 4.69) is 0 Å². The fraction of sp³-hybridized carbons (Fsp3) is 0.909. The van der Waals surface area contributed by atoms with E-state index in [0.29, 0.717) is 20.0 Å². The fourth-order valence-corrected chi connectivity index (χ4v) is 1.37. The Morgan fingerprint density at radius 3 is 2.11 bits per heavy atom. The SMILES string of the molecule is COCCCN(CCOC)C(=O)C(C)(N)C(F)(F)F. The van der Waals surface area contributed by atoms with Crippen molar-refractivity contribution in [1.29, 1.82) is 0 Å². The Balaban J connectivity index is 4.78. The maximum Gasteiger partial charge on any atom is 0.415 e. The van der Waals surface area contributed by atoms with Crippen LogP contribution in [0.5, 0.6) is 0 Å². The zero-order valence-electron chi connectivity index (χ0n) is 11.4. The molecule has 8 heteroatoms. The first-order valence-electron chi connectivity index (χ1n) is 5.81. The lowest BCUT2D eigenvalue weighted by Crippen LogP contribution is -2.62. The number of hydrogen-bond donors (Lipinski definition) is 1. The smallest absolute Gasteiger partial charge is 0.385 e. The molecule has 0 aromatic carbocycles. The molecule has 0 aliphatic carbocycles. The van der Waals surface area contributed by atoms with Gasteiger partial charge in [0.25, 0.3) is 5.91 Å². The van der Waals surface area contributed by atoms with Gasteiger partial charge in [-0.2, -0.15) is 13.2 Å². The Kier molecular flexibility index (Phi) is 7.32. The van der Waals surface area contributed by atoms with Crippen LogP contribution in [0.15, 0.2) is 0 Å². The van der Waals surface area contributed by atoms with Crippen molar-refractivity contribution < 1.29 is 27.4 Å². The highest BCUT2D eigenvalue weighted by molar-refractivity contribution is 5.86. The molecule has 19 heavy (non-hydrogen) atoms. The molecule has 2 N–H and O–H groups in total. The molecule has 0 spiro atoms. The minimum atomic E-state index is -4.79. The van der Waals surface area contributed by atoms with Crippen LogP contribution in [0.25, 0.3) is 0 Å². The van der Waals surface area contributed by atoms with Gasteiger partial charge in [0.1, 0.15) is 0 Å². The van der Waals surface area contributed by atoms with Gasteiger partial charge >= 0.3 is 6.18 Å². The summed E-state index contributed by atoms with van der Waals surface area (Å²) in [5, 5.41) is 0. The Hall–Kier alpha value is -0.860. The van der Waals surface area contributed by atoms with Crippen molar-refractivity contribution in [3.8, 4) is 0 Å². The Bertz CT molecular complexity index is 283. The molecule has 0 bridgehead atoms. The van der Waals surface area contributed by atoms with Gasteiger partial charge in [0.2, 0.25) is 0 Å². The Morgan fingerprint density at radius 2 is 1.68 bits per heavy atom. The predicted molar refractivity (Wildman–Crippen MR) is 63.6 cm³/mol. The normalized spacial score (nSPS) is 15.1. The maximum absolute atomic E-state index is 12.7. The molecule has 0 aliphatic heterocycles. The van der Waals surface area contributed by atoms with Crippen LogP contribution in [-0.4, -0.2) is 63.0 Å². The van der Waals surface area contributed by atoms with Crippen LogP contribution in [0.4, 0.5) is 13.2 Å². The summed E-state index contributed by atoms with van der Waals surface area (Å²) in [4.78, 5) is 12.9. The van der Waals surface area contributed by atoms with E-state index < -0.39 is 17.6 Å². The predicted octanol–water partition coefficient (Wildman–Crippen LogP) is 0.778. The highest BCUT2D eigenvalue weighted by Crippen LogP contribution is 2.29. The number of halogens is 3. The van der Waals surface area contributed by atoms with Crippen molar-refractivity contribution in [3.05, 3.63) is 0 Å². The highest BCUT2D eigenvalue weighted by atomic mass is 19.4. The summed E-state index contributed by atoms with van der Waals surface area (Å²) in [5.41, 5.74) is 2.23. The first-order chi connectivity index (χ1) is 8.68. The lowest BCUT2D eigenvalue weighted by atomic mass is 10.0. The standard InChI is InChI=1S/C11H21F3N2O3/c1-10(15,11(12,13)14)9(17)16(6-8-19-3)5-4-7-18-2/h4-8,15H2,1-3H3. The third kappa shape index (κ3) is 5.33. The van der Waals surface area contributed by atoms with Crippen molar-refractivity contribution >= 4 is 5.91 Å². The summed E-state index contributed by atoms with van der Waals surface area (Å²) in [7, 11) is 2.88. The van der Waals surface area contributed by atoms with Crippen LogP contribution in [-0.2, 0) is 14.3 Å².